The van der Waals surface area contributed by atoms with Crippen molar-refractivity contribution >= 4 is 11.4 Å². The number of benzene rings is 2. The van der Waals surface area contributed by atoms with Crippen molar-refractivity contribution in [3.63, 3.8) is 0 Å². The fourth-order valence-electron chi connectivity index (χ4n) is 2.74. The van der Waals surface area contributed by atoms with E-state index in [1.165, 1.54) is 18.4 Å². The maximum Gasteiger partial charge on any atom is 0.119 e. The standard InChI is InChI=1S/C22H30N2O2/c1-3-5-7-18-8-10-19(11-9-18)23-24-20-12-14-22(15-13-20)26-21(6-4-2)16-17-25/h8-15,21,25H,3-7,16-17H2,1-2H3. The minimum absolute atomic E-state index is 0.0590. The topological polar surface area (TPSA) is 54.2 Å². The number of unbranched alkanes of at least 4 members (excludes halogenated alkanes) is 1. The van der Waals surface area contributed by atoms with Crippen molar-refractivity contribution in [2.24, 2.45) is 10.2 Å². The van der Waals surface area contributed by atoms with Gasteiger partial charge in [0.2, 0.25) is 0 Å². The third-order valence-electron chi connectivity index (χ3n) is 4.24. The highest BCUT2D eigenvalue weighted by Gasteiger charge is 2.08. The van der Waals surface area contributed by atoms with Crippen LogP contribution in [0.1, 0.15) is 51.5 Å². The molecule has 1 atom stereocenters. The molecule has 0 saturated heterocycles. The average Bonchev–Trinajstić information content (AvgIpc) is 2.67. The van der Waals surface area contributed by atoms with Gasteiger partial charge in [-0.05, 0) is 61.2 Å². The zero-order valence-corrected chi connectivity index (χ0v) is 15.9. The van der Waals surface area contributed by atoms with E-state index in [0.29, 0.717) is 6.42 Å². The molecular weight excluding hydrogens is 324 g/mol. The Hall–Kier alpha value is -2.20. The molecule has 2 aromatic rings. The largest absolute Gasteiger partial charge is 0.490 e. The molecule has 1 N–H and O–H groups in total. The molecule has 4 nitrogen and oxygen atoms in total. The summed E-state index contributed by atoms with van der Waals surface area (Å²) in [5, 5.41) is 17.7. The van der Waals surface area contributed by atoms with Crippen LogP contribution >= 0.6 is 0 Å². The van der Waals surface area contributed by atoms with Crippen molar-refractivity contribution in [3.8, 4) is 5.75 Å². The van der Waals surface area contributed by atoms with E-state index in [-0.39, 0.29) is 12.7 Å². The van der Waals surface area contributed by atoms with E-state index in [2.05, 4.69) is 36.2 Å². The molecule has 0 aliphatic rings. The molecule has 0 heterocycles. The van der Waals surface area contributed by atoms with Gasteiger partial charge in [-0.1, -0.05) is 38.8 Å². The van der Waals surface area contributed by atoms with Gasteiger partial charge in [-0.2, -0.15) is 10.2 Å². The van der Waals surface area contributed by atoms with Crippen LogP contribution in [-0.2, 0) is 6.42 Å². The van der Waals surface area contributed by atoms with Gasteiger partial charge in [-0.3, -0.25) is 0 Å². The maximum atomic E-state index is 9.12. The molecule has 0 aliphatic carbocycles. The van der Waals surface area contributed by atoms with Gasteiger partial charge in [-0.25, -0.2) is 0 Å². The Balaban J connectivity index is 1.92. The van der Waals surface area contributed by atoms with Crippen LogP contribution in [-0.4, -0.2) is 17.8 Å². The van der Waals surface area contributed by atoms with Gasteiger partial charge >= 0.3 is 0 Å². The molecule has 2 rings (SSSR count). The summed E-state index contributed by atoms with van der Waals surface area (Å²) in [6, 6.07) is 15.9. The first-order chi connectivity index (χ1) is 12.7. The molecule has 1 unspecified atom stereocenters. The highest BCUT2D eigenvalue weighted by molar-refractivity contribution is 5.43. The molecule has 26 heavy (non-hydrogen) atoms. The summed E-state index contributed by atoms with van der Waals surface area (Å²) in [7, 11) is 0. The van der Waals surface area contributed by atoms with E-state index >= 15 is 0 Å². The Morgan fingerprint density at radius 2 is 1.46 bits per heavy atom. The molecule has 140 valence electrons. The summed E-state index contributed by atoms with van der Waals surface area (Å²) in [5.41, 5.74) is 3.00. The lowest BCUT2D eigenvalue weighted by Gasteiger charge is -2.17. The van der Waals surface area contributed by atoms with Crippen molar-refractivity contribution in [2.75, 3.05) is 6.61 Å². The van der Waals surface area contributed by atoms with Crippen molar-refractivity contribution < 1.29 is 9.84 Å². The second kappa shape index (κ2) is 11.4. The zero-order valence-electron chi connectivity index (χ0n) is 15.9. The smallest absolute Gasteiger partial charge is 0.119 e. The molecule has 0 bridgehead atoms. The van der Waals surface area contributed by atoms with Gasteiger partial charge in [0, 0.05) is 13.0 Å². The number of nitrogens with zero attached hydrogens (tertiary/aromatic N) is 2. The SMILES string of the molecule is CCCCc1ccc(N=Nc2ccc(OC(CCC)CCO)cc2)cc1. The third kappa shape index (κ3) is 6.96. The molecule has 0 aromatic heterocycles. The Bertz CT molecular complexity index is 645. The highest BCUT2D eigenvalue weighted by Crippen LogP contribution is 2.23. The lowest BCUT2D eigenvalue weighted by atomic mass is 10.1. The van der Waals surface area contributed by atoms with Crippen LogP contribution in [0.4, 0.5) is 11.4 Å². The van der Waals surface area contributed by atoms with Gasteiger partial charge in [0.1, 0.15) is 11.9 Å². The number of aliphatic hydroxyl groups is 1. The first-order valence-corrected chi connectivity index (χ1v) is 9.63. The number of aliphatic hydroxyl groups excluding tert-OH is 1. The lowest BCUT2D eigenvalue weighted by Crippen LogP contribution is -2.17. The van der Waals surface area contributed by atoms with Crippen molar-refractivity contribution in [1.29, 1.82) is 0 Å². The van der Waals surface area contributed by atoms with Crippen LogP contribution in [0.3, 0.4) is 0 Å². The van der Waals surface area contributed by atoms with E-state index < -0.39 is 0 Å². The van der Waals surface area contributed by atoms with E-state index in [1.54, 1.807) is 0 Å². The number of hydrogen-bond donors (Lipinski definition) is 1. The highest BCUT2D eigenvalue weighted by atomic mass is 16.5. The predicted molar refractivity (Wildman–Crippen MR) is 107 cm³/mol. The number of aryl methyl sites for hydroxylation is 1. The monoisotopic (exact) mass is 354 g/mol. The third-order valence-corrected chi connectivity index (χ3v) is 4.24. The molecular formula is C22H30N2O2. The fourth-order valence-corrected chi connectivity index (χ4v) is 2.74. The maximum absolute atomic E-state index is 9.12. The number of rotatable bonds is 11. The summed E-state index contributed by atoms with van der Waals surface area (Å²) >= 11 is 0. The molecule has 0 fully saturated rings. The molecule has 0 amide bonds. The Morgan fingerprint density at radius 3 is 2.00 bits per heavy atom. The van der Waals surface area contributed by atoms with Crippen LogP contribution in [0.15, 0.2) is 58.8 Å². The fraction of sp³-hybridized carbons (Fsp3) is 0.455. The molecule has 0 spiro atoms. The van der Waals surface area contributed by atoms with Crippen LogP contribution in [0.2, 0.25) is 0 Å². The summed E-state index contributed by atoms with van der Waals surface area (Å²) < 4.78 is 5.93. The summed E-state index contributed by atoms with van der Waals surface area (Å²) in [6.07, 6.45) is 6.23. The zero-order chi connectivity index (χ0) is 18.6. The van der Waals surface area contributed by atoms with Gasteiger partial charge in [0.25, 0.3) is 0 Å². The summed E-state index contributed by atoms with van der Waals surface area (Å²) in [5.74, 6) is 0.802. The van der Waals surface area contributed by atoms with E-state index in [1.807, 2.05) is 36.4 Å². The summed E-state index contributed by atoms with van der Waals surface area (Å²) in [6.45, 7) is 4.47. The van der Waals surface area contributed by atoms with Crippen LogP contribution in [0.5, 0.6) is 5.75 Å². The van der Waals surface area contributed by atoms with Crippen LogP contribution < -0.4 is 4.74 Å². The van der Waals surface area contributed by atoms with Crippen LogP contribution in [0, 0.1) is 0 Å². The number of azo groups is 1. The summed E-state index contributed by atoms with van der Waals surface area (Å²) in [4.78, 5) is 0. The predicted octanol–water partition coefficient (Wildman–Crippen LogP) is 6.37. The van der Waals surface area contributed by atoms with E-state index in [0.717, 1.165) is 36.4 Å². The molecule has 0 saturated carbocycles. The van der Waals surface area contributed by atoms with Gasteiger partial charge in [-0.15, -0.1) is 0 Å². The average molecular weight is 354 g/mol. The molecule has 0 aliphatic heterocycles. The number of ether oxygens (including phenoxy) is 1. The molecule has 2 aromatic carbocycles. The first kappa shape index (κ1) is 20.1. The normalized spacial score (nSPS) is 12.4. The van der Waals surface area contributed by atoms with Crippen molar-refractivity contribution in [1.82, 2.24) is 0 Å². The Labute approximate surface area is 156 Å². The van der Waals surface area contributed by atoms with Crippen molar-refractivity contribution in [3.05, 3.63) is 54.1 Å². The van der Waals surface area contributed by atoms with Crippen molar-refractivity contribution in [2.45, 2.75) is 58.5 Å². The van der Waals surface area contributed by atoms with Gasteiger partial charge in [0.05, 0.1) is 11.4 Å². The quantitative estimate of drug-likeness (QED) is 0.476. The second-order valence-corrected chi connectivity index (χ2v) is 6.50. The minimum atomic E-state index is 0.0590. The first-order valence-electron chi connectivity index (χ1n) is 9.63. The van der Waals surface area contributed by atoms with Gasteiger partial charge in [0.15, 0.2) is 0 Å². The Morgan fingerprint density at radius 1 is 0.846 bits per heavy atom. The van der Waals surface area contributed by atoms with Gasteiger partial charge < -0.3 is 9.84 Å². The lowest BCUT2D eigenvalue weighted by molar-refractivity contribution is 0.145. The molecule has 0 radical (unpaired) electrons. The van der Waals surface area contributed by atoms with E-state index in [4.69, 9.17) is 9.84 Å². The molecule has 4 heteroatoms. The van der Waals surface area contributed by atoms with E-state index in [9.17, 15) is 0 Å². The second-order valence-electron chi connectivity index (χ2n) is 6.50. The minimum Gasteiger partial charge on any atom is -0.490 e. The Kier molecular flexibility index (Phi) is 8.84. The number of hydrogen-bond acceptors (Lipinski definition) is 4. The van der Waals surface area contributed by atoms with Crippen LogP contribution in [0.25, 0.3) is 0 Å².